The zero-order chi connectivity index (χ0) is 18.5. The Morgan fingerprint density at radius 1 is 0.885 bits per heavy atom. The molecule has 0 amide bonds. The molecule has 0 aliphatic carbocycles. The normalized spacial score (nSPS) is 10.6. The van der Waals surface area contributed by atoms with Gasteiger partial charge >= 0.3 is 0 Å². The third-order valence-electron chi connectivity index (χ3n) is 3.72. The second kappa shape index (κ2) is 9.01. The van der Waals surface area contributed by atoms with E-state index in [9.17, 15) is 0 Å². The highest BCUT2D eigenvalue weighted by Gasteiger charge is 2.04. The molecule has 3 aromatic rings. The van der Waals surface area contributed by atoms with Gasteiger partial charge in [-0.1, -0.05) is 53.0 Å². The Morgan fingerprint density at radius 2 is 1.73 bits per heavy atom. The smallest absolute Gasteiger partial charge is 0.120 e. The highest BCUT2D eigenvalue weighted by atomic mass is 79.9. The lowest BCUT2D eigenvalue weighted by Crippen LogP contribution is -2.01. The molecule has 1 N–H and O–H groups in total. The molecule has 0 atom stereocenters. The summed E-state index contributed by atoms with van der Waals surface area (Å²) >= 11 is 21.6. The lowest BCUT2D eigenvalue weighted by Gasteiger charge is -2.11. The molecule has 0 spiro atoms. The van der Waals surface area contributed by atoms with Gasteiger partial charge in [-0.15, -0.1) is 0 Å². The van der Waals surface area contributed by atoms with Crippen LogP contribution >= 0.6 is 50.7 Å². The van der Waals surface area contributed by atoms with E-state index in [-0.39, 0.29) is 0 Å². The summed E-state index contributed by atoms with van der Waals surface area (Å²) in [5.74, 6) is 0.782. The molecule has 0 saturated heterocycles. The van der Waals surface area contributed by atoms with Gasteiger partial charge in [0, 0.05) is 32.3 Å². The Kier molecular flexibility index (Phi) is 6.71. The summed E-state index contributed by atoms with van der Waals surface area (Å²) in [7, 11) is 0. The van der Waals surface area contributed by atoms with Crippen molar-refractivity contribution in [3.8, 4) is 5.75 Å². The topological polar surface area (TPSA) is 21.3 Å². The van der Waals surface area contributed by atoms with E-state index in [2.05, 4.69) is 21.2 Å². The molecule has 0 aliphatic heterocycles. The maximum atomic E-state index is 6.18. The molecule has 134 valence electrons. The quantitative estimate of drug-likeness (QED) is 0.400. The van der Waals surface area contributed by atoms with Gasteiger partial charge in [0.25, 0.3) is 0 Å². The van der Waals surface area contributed by atoms with Crippen LogP contribution in [0.25, 0.3) is 0 Å². The third kappa shape index (κ3) is 5.31. The van der Waals surface area contributed by atoms with Gasteiger partial charge in [-0.3, -0.25) is 0 Å². The number of halogens is 4. The molecule has 0 aliphatic rings. The van der Waals surface area contributed by atoms with Gasteiger partial charge in [0.1, 0.15) is 12.4 Å². The fraction of sp³-hybridized carbons (Fsp3) is 0.100. The van der Waals surface area contributed by atoms with Crippen molar-refractivity contribution in [3.05, 3.63) is 91.3 Å². The number of benzene rings is 3. The zero-order valence-electron chi connectivity index (χ0n) is 13.6. The van der Waals surface area contributed by atoms with Gasteiger partial charge in [0.05, 0.1) is 5.02 Å². The zero-order valence-corrected chi connectivity index (χ0v) is 17.5. The highest BCUT2D eigenvalue weighted by Crippen LogP contribution is 2.26. The molecule has 0 radical (unpaired) electrons. The maximum Gasteiger partial charge on any atom is 0.120 e. The number of hydrogen-bond donors (Lipinski definition) is 1. The van der Waals surface area contributed by atoms with Crippen LogP contribution in [0.2, 0.25) is 15.1 Å². The Bertz CT molecular complexity index is 917. The number of ether oxygens (including phenoxy) is 1. The molecule has 26 heavy (non-hydrogen) atoms. The van der Waals surface area contributed by atoms with E-state index >= 15 is 0 Å². The van der Waals surface area contributed by atoms with Crippen molar-refractivity contribution in [1.29, 1.82) is 0 Å². The maximum absolute atomic E-state index is 6.18. The van der Waals surface area contributed by atoms with E-state index in [1.807, 2.05) is 48.5 Å². The molecule has 0 aromatic heterocycles. The average Bonchev–Trinajstić information content (AvgIpc) is 2.62. The van der Waals surface area contributed by atoms with Gasteiger partial charge in [0.2, 0.25) is 0 Å². The standard InChI is InChI=1S/C20H15BrCl3NO/c21-18-7-6-16(10-20(18)24)25-11-13-2-1-3-17(8-13)26-12-14-4-5-15(22)9-19(14)23/h1-10,25H,11-12H2. The first-order valence-corrected chi connectivity index (χ1v) is 9.78. The monoisotopic (exact) mass is 469 g/mol. The molecular weight excluding hydrogens is 456 g/mol. The largest absolute Gasteiger partial charge is 0.489 e. The summed E-state index contributed by atoms with van der Waals surface area (Å²) in [4.78, 5) is 0. The molecule has 2 nitrogen and oxygen atoms in total. The van der Waals surface area contributed by atoms with E-state index in [1.54, 1.807) is 12.1 Å². The van der Waals surface area contributed by atoms with Crippen LogP contribution in [0.15, 0.2) is 65.1 Å². The Hall–Kier alpha value is -1.39. The van der Waals surface area contributed by atoms with Gasteiger partial charge in [0.15, 0.2) is 0 Å². The summed E-state index contributed by atoms with van der Waals surface area (Å²) in [6, 6.07) is 19.1. The van der Waals surface area contributed by atoms with Gasteiger partial charge < -0.3 is 10.1 Å². The van der Waals surface area contributed by atoms with Crippen molar-refractivity contribution >= 4 is 56.4 Å². The Balaban J connectivity index is 1.61. The number of anilines is 1. The van der Waals surface area contributed by atoms with Crippen molar-refractivity contribution in [1.82, 2.24) is 0 Å². The van der Waals surface area contributed by atoms with Crippen molar-refractivity contribution < 1.29 is 4.74 Å². The SMILES string of the molecule is Clc1ccc(COc2cccc(CNc3ccc(Br)c(Cl)c3)c2)c(Cl)c1. The van der Waals surface area contributed by atoms with Crippen LogP contribution in [0, 0.1) is 0 Å². The van der Waals surface area contributed by atoms with Crippen LogP contribution in [0.3, 0.4) is 0 Å². The van der Waals surface area contributed by atoms with E-state index in [4.69, 9.17) is 39.5 Å². The van der Waals surface area contributed by atoms with Crippen LogP contribution in [-0.2, 0) is 13.2 Å². The predicted octanol–water partition coefficient (Wildman–Crippen LogP) is 7.60. The van der Waals surface area contributed by atoms with E-state index < -0.39 is 0 Å². The van der Waals surface area contributed by atoms with Crippen molar-refractivity contribution in [3.63, 3.8) is 0 Å². The highest BCUT2D eigenvalue weighted by molar-refractivity contribution is 9.10. The van der Waals surface area contributed by atoms with E-state index in [0.29, 0.717) is 28.2 Å². The van der Waals surface area contributed by atoms with Crippen molar-refractivity contribution in [2.45, 2.75) is 13.2 Å². The molecule has 3 rings (SSSR count). The first-order chi connectivity index (χ1) is 12.5. The molecular formula is C20H15BrCl3NO. The number of nitrogens with one attached hydrogen (secondary N) is 1. The summed E-state index contributed by atoms with van der Waals surface area (Å²) in [6.45, 7) is 1.05. The van der Waals surface area contributed by atoms with Crippen molar-refractivity contribution in [2.24, 2.45) is 0 Å². The molecule has 3 aromatic carbocycles. The first kappa shape index (κ1) is 19.4. The second-order valence-corrected chi connectivity index (χ2v) is 7.76. The summed E-state index contributed by atoms with van der Waals surface area (Å²) < 4.78 is 6.73. The van der Waals surface area contributed by atoms with Crippen LogP contribution < -0.4 is 10.1 Å². The minimum atomic E-state index is 0.384. The Labute approximate surface area is 176 Å². The summed E-state index contributed by atoms with van der Waals surface area (Å²) in [5, 5.41) is 5.23. The van der Waals surface area contributed by atoms with E-state index in [0.717, 1.165) is 27.0 Å². The Morgan fingerprint density at radius 3 is 2.50 bits per heavy atom. The van der Waals surface area contributed by atoms with Crippen molar-refractivity contribution in [2.75, 3.05) is 5.32 Å². The van der Waals surface area contributed by atoms with Crippen LogP contribution in [0.4, 0.5) is 5.69 Å². The van der Waals surface area contributed by atoms with Crippen LogP contribution in [0.1, 0.15) is 11.1 Å². The first-order valence-electron chi connectivity index (χ1n) is 7.86. The molecule has 0 fully saturated rings. The molecule has 0 heterocycles. The second-order valence-electron chi connectivity index (χ2n) is 5.65. The summed E-state index contributed by atoms with van der Waals surface area (Å²) in [5.41, 5.74) is 2.95. The van der Waals surface area contributed by atoms with Crippen LogP contribution in [-0.4, -0.2) is 0 Å². The van der Waals surface area contributed by atoms with Crippen LogP contribution in [0.5, 0.6) is 5.75 Å². The molecule has 6 heteroatoms. The number of hydrogen-bond acceptors (Lipinski definition) is 2. The molecule has 0 saturated carbocycles. The van der Waals surface area contributed by atoms with Gasteiger partial charge in [-0.25, -0.2) is 0 Å². The van der Waals surface area contributed by atoms with Gasteiger partial charge in [-0.2, -0.15) is 0 Å². The minimum absolute atomic E-state index is 0.384. The lowest BCUT2D eigenvalue weighted by atomic mass is 10.2. The average molecular weight is 472 g/mol. The predicted molar refractivity (Wildman–Crippen MR) is 114 cm³/mol. The molecule has 0 unspecified atom stereocenters. The molecule has 0 bridgehead atoms. The fourth-order valence-electron chi connectivity index (χ4n) is 2.36. The van der Waals surface area contributed by atoms with Gasteiger partial charge in [-0.05, 0) is 64.0 Å². The van der Waals surface area contributed by atoms with E-state index in [1.165, 1.54) is 0 Å². The number of rotatable bonds is 6. The fourth-order valence-corrected chi connectivity index (χ4v) is 3.25. The third-order valence-corrected chi connectivity index (χ3v) is 5.54. The lowest BCUT2D eigenvalue weighted by molar-refractivity contribution is 0.306. The summed E-state index contributed by atoms with van der Waals surface area (Å²) in [6.07, 6.45) is 0. The minimum Gasteiger partial charge on any atom is -0.489 e.